The maximum absolute atomic E-state index is 12.8. The Bertz CT molecular complexity index is 1010. The maximum atomic E-state index is 12.8. The third-order valence-electron chi connectivity index (χ3n) is 5.23. The van der Waals surface area contributed by atoms with Gasteiger partial charge in [-0.1, -0.05) is 0 Å². The first kappa shape index (κ1) is 18.2. The molecule has 0 atom stereocenters. The molecular weight excluding hydrogens is 358 g/mol. The van der Waals surface area contributed by atoms with Gasteiger partial charge in [-0.2, -0.15) is 0 Å². The maximum Gasteiger partial charge on any atom is 0.261 e. The van der Waals surface area contributed by atoms with E-state index in [1.54, 1.807) is 55.7 Å². The van der Waals surface area contributed by atoms with Gasteiger partial charge in [-0.25, -0.2) is 15.0 Å². The Kier molecular flexibility index (Phi) is 5.10. The van der Waals surface area contributed by atoms with Gasteiger partial charge in [0.15, 0.2) is 5.75 Å². The lowest BCUT2D eigenvalue weighted by molar-refractivity contribution is 0.349. The molecule has 0 saturated carbocycles. The third-order valence-corrected chi connectivity index (χ3v) is 5.23. The first-order valence-electron chi connectivity index (χ1n) is 9.32. The highest BCUT2D eigenvalue weighted by molar-refractivity contribution is 5.78. The van der Waals surface area contributed by atoms with Crippen LogP contribution in [0.2, 0.25) is 0 Å². The topological polar surface area (TPSA) is 82.4 Å². The summed E-state index contributed by atoms with van der Waals surface area (Å²) in [5, 5.41) is 0.618. The summed E-state index contributed by atoms with van der Waals surface area (Å²) in [6.07, 6.45) is 6.96. The minimum absolute atomic E-state index is 0.00595. The lowest BCUT2D eigenvalue weighted by Crippen LogP contribution is -2.37. The molecule has 28 heavy (non-hydrogen) atoms. The summed E-state index contributed by atoms with van der Waals surface area (Å²) in [6, 6.07) is 5.36. The number of anilines is 1. The number of ether oxygens (including phenoxy) is 2. The zero-order chi connectivity index (χ0) is 19.5. The van der Waals surface area contributed by atoms with Crippen LogP contribution in [0.4, 0.5) is 5.95 Å². The van der Waals surface area contributed by atoms with Gasteiger partial charge in [0.05, 0.1) is 43.8 Å². The van der Waals surface area contributed by atoms with E-state index in [9.17, 15) is 4.79 Å². The standard InChI is InChI=1S/C20H23N5O3/c1-27-15-3-4-17-18(9-15)23-13-25(19(17)26)12-14-5-7-24(8-6-14)20-21-10-16(28-2)11-22-20/h3-4,9-11,13-14H,5-8,12H2,1-2H3. The van der Waals surface area contributed by atoms with Crippen molar-refractivity contribution < 1.29 is 9.47 Å². The number of hydrogen-bond acceptors (Lipinski definition) is 7. The second kappa shape index (κ2) is 7.84. The Morgan fingerprint density at radius 1 is 1.04 bits per heavy atom. The minimum Gasteiger partial charge on any atom is -0.497 e. The van der Waals surface area contributed by atoms with Gasteiger partial charge in [0, 0.05) is 25.7 Å². The summed E-state index contributed by atoms with van der Waals surface area (Å²) >= 11 is 0. The van der Waals surface area contributed by atoms with E-state index in [0.717, 1.165) is 31.9 Å². The number of fused-ring (bicyclic) bond motifs is 1. The molecule has 1 aliphatic rings. The molecule has 0 unspecified atom stereocenters. The molecule has 2 aromatic heterocycles. The molecule has 3 aromatic rings. The predicted octanol–water partition coefficient (Wildman–Crippen LogP) is 2.12. The lowest BCUT2D eigenvalue weighted by Gasteiger charge is -2.32. The normalized spacial score (nSPS) is 15.0. The summed E-state index contributed by atoms with van der Waals surface area (Å²) in [5.74, 6) is 2.49. The van der Waals surface area contributed by atoms with Gasteiger partial charge in [0.25, 0.3) is 5.56 Å². The van der Waals surface area contributed by atoms with Crippen LogP contribution in [0.15, 0.2) is 41.7 Å². The number of hydrogen-bond donors (Lipinski definition) is 0. The molecule has 1 aromatic carbocycles. The van der Waals surface area contributed by atoms with Crippen LogP contribution in [-0.4, -0.2) is 46.8 Å². The van der Waals surface area contributed by atoms with Crippen LogP contribution in [0.3, 0.4) is 0 Å². The lowest BCUT2D eigenvalue weighted by atomic mass is 9.97. The van der Waals surface area contributed by atoms with Crippen molar-refractivity contribution in [3.05, 3.63) is 47.3 Å². The van der Waals surface area contributed by atoms with Gasteiger partial charge in [0.1, 0.15) is 5.75 Å². The highest BCUT2D eigenvalue weighted by atomic mass is 16.5. The van der Waals surface area contributed by atoms with Crippen molar-refractivity contribution in [3.8, 4) is 11.5 Å². The fourth-order valence-corrected chi connectivity index (χ4v) is 3.57. The average molecular weight is 381 g/mol. The minimum atomic E-state index is -0.00595. The Morgan fingerprint density at radius 2 is 1.75 bits per heavy atom. The van der Waals surface area contributed by atoms with E-state index in [1.165, 1.54) is 0 Å². The Labute approximate surface area is 162 Å². The average Bonchev–Trinajstić information content (AvgIpc) is 2.76. The molecule has 0 bridgehead atoms. The van der Waals surface area contributed by atoms with Gasteiger partial charge in [-0.15, -0.1) is 0 Å². The molecule has 4 rings (SSSR count). The van der Waals surface area contributed by atoms with Crippen LogP contribution in [0.25, 0.3) is 10.9 Å². The highest BCUT2D eigenvalue weighted by Crippen LogP contribution is 2.23. The number of nitrogens with zero attached hydrogens (tertiary/aromatic N) is 5. The van der Waals surface area contributed by atoms with Crippen molar-refractivity contribution in [2.45, 2.75) is 19.4 Å². The number of piperidine rings is 1. The smallest absolute Gasteiger partial charge is 0.261 e. The second-order valence-corrected chi connectivity index (χ2v) is 6.94. The molecule has 1 aliphatic heterocycles. The van der Waals surface area contributed by atoms with Gasteiger partial charge >= 0.3 is 0 Å². The largest absolute Gasteiger partial charge is 0.497 e. The zero-order valence-corrected chi connectivity index (χ0v) is 16.0. The Hall–Kier alpha value is -3.16. The highest BCUT2D eigenvalue weighted by Gasteiger charge is 2.22. The van der Waals surface area contributed by atoms with E-state index < -0.39 is 0 Å². The van der Waals surface area contributed by atoms with E-state index in [0.29, 0.717) is 34.9 Å². The Morgan fingerprint density at radius 3 is 2.43 bits per heavy atom. The van der Waals surface area contributed by atoms with Gasteiger partial charge in [-0.3, -0.25) is 9.36 Å². The van der Waals surface area contributed by atoms with Crippen LogP contribution < -0.4 is 19.9 Å². The SMILES string of the molecule is COc1cnc(N2CCC(Cn3cnc4cc(OC)ccc4c3=O)CC2)nc1. The molecule has 0 N–H and O–H groups in total. The van der Waals surface area contributed by atoms with Crippen LogP contribution in [0.1, 0.15) is 12.8 Å². The molecule has 0 spiro atoms. The van der Waals surface area contributed by atoms with E-state index in [-0.39, 0.29) is 5.56 Å². The molecular formula is C20H23N5O3. The van der Waals surface area contributed by atoms with Crippen molar-refractivity contribution in [2.24, 2.45) is 5.92 Å². The van der Waals surface area contributed by atoms with Crippen molar-refractivity contribution in [2.75, 3.05) is 32.2 Å². The first-order chi connectivity index (χ1) is 13.7. The van der Waals surface area contributed by atoms with Crippen molar-refractivity contribution in [1.82, 2.24) is 19.5 Å². The van der Waals surface area contributed by atoms with Crippen LogP contribution in [0.5, 0.6) is 11.5 Å². The molecule has 0 amide bonds. The molecule has 8 heteroatoms. The molecule has 1 saturated heterocycles. The van der Waals surface area contributed by atoms with Crippen molar-refractivity contribution in [3.63, 3.8) is 0 Å². The fraction of sp³-hybridized carbons (Fsp3) is 0.400. The third kappa shape index (κ3) is 3.62. The second-order valence-electron chi connectivity index (χ2n) is 6.94. The van der Waals surface area contributed by atoms with E-state index in [1.807, 2.05) is 0 Å². The molecule has 3 heterocycles. The number of aromatic nitrogens is 4. The van der Waals surface area contributed by atoms with Gasteiger partial charge in [-0.05, 0) is 30.9 Å². The zero-order valence-electron chi connectivity index (χ0n) is 16.0. The molecule has 0 radical (unpaired) electrons. The van der Waals surface area contributed by atoms with E-state index >= 15 is 0 Å². The van der Waals surface area contributed by atoms with Crippen LogP contribution in [0, 0.1) is 5.92 Å². The number of rotatable bonds is 5. The summed E-state index contributed by atoms with van der Waals surface area (Å²) in [5.41, 5.74) is 0.653. The molecule has 146 valence electrons. The van der Waals surface area contributed by atoms with Crippen molar-refractivity contribution >= 4 is 16.9 Å². The van der Waals surface area contributed by atoms with E-state index in [4.69, 9.17) is 9.47 Å². The van der Waals surface area contributed by atoms with Crippen LogP contribution in [-0.2, 0) is 6.54 Å². The fourth-order valence-electron chi connectivity index (χ4n) is 3.57. The van der Waals surface area contributed by atoms with Crippen molar-refractivity contribution in [1.29, 1.82) is 0 Å². The molecule has 0 aliphatic carbocycles. The van der Waals surface area contributed by atoms with Crippen LogP contribution >= 0.6 is 0 Å². The molecule has 8 nitrogen and oxygen atoms in total. The monoisotopic (exact) mass is 381 g/mol. The van der Waals surface area contributed by atoms with Gasteiger partial charge in [0.2, 0.25) is 5.95 Å². The van der Waals surface area contributed by atoms with E-state index in [2.05, 4.69) is 19.9 Å². The molecule has 1 fully saturated rings. The first-order valence-corrected chi connectivity index (χ1v) is 9.32. The quantitative estimate of drug-likeness (QED) is 0.669. The summed E-state index contributed by atoms with van der Waals surface area (Å²) in [4.78, 5) is 28.1. The predicted molar refractivity (Wildman–Crippen MR) is 106 cm³/mol. The van der Waals surface area contributed by atoms with Gasteiger partial charge < -0.3 is 14.4 Å². The summed E-state index contributed by atoms with van der Waals surface area (Å²) in [7, 11) is 3.20. The summed E-state index contributed by atoms with van der Waals surface area (Å²) < 4.78 is 12.0. The number of benzene rings is 1. The number of methoxy groups -OCH3 is 2. The Balaban J connectivity index is 1.43. The summed E-state index contributed by atoms with van der Waals surface area (Å²) in [6.45, 7) is 2.40.